The van der Waals surface area contributed by atoms with Crippen molar-refractivity contribution in [2.24, 2.45) is 0 Å². The largest absolute Gasteiger partial charge is 0.444 e. The first-order valence-electron chi connectivity index (χ1n) is 5.59. The van der Waals surface area contributed by atoms with Gasteiger partial charge in [-0.05, 0) is 26.0 Å². The summed E-state index contributed by atoms with van der Waals surface area (Å²) < 4.78 is 32.6. The molecule has 2 rings (SSSR count). The lowest BCUT2D eigenvalue weighted by Gasteiger charge is -2.13. The molecule has 19 heavy (non-hydrogen) atoms. The molecule has 0 aliphatic heterocycles. The molecule has 0 radical (unpaired) electrons. The van der Waals surface area contributed by atoms with Crippen molar-refractivity contribution in [2.75, 3.05) is 5.32 Å². The molecule has 1 N–H and O–H groups in total. The van der Waals surface area contributed by atoms with Crippen LogP contribution in [-0.2, 0) is 0 Å². The fourth-order valence-corrected chi connectivity index (χ4v) is 1.63. The van der Waals surface area contributed by atoms with E-state index >= 15 is 0 Å². The first kappa shape index (κ1) is 13.0. The van der Waals surface area contributed by atoms with E-state index in [9.17, 15) is 8.78 Å². The predicted molar refractivity (Wildman–Crippen MR) is 64.4 cm³/mol. The van der Waals surface area contributed by atoms with Gasteiger partial charge in [0.05, 0.1) is 17.8 Å². The maximum atomic E-state index is 13.7. The molecule has 0 aliphatic rings. The third-order valence-corrected chi connectivity index (χ3v) is 2.54. The number of nitriles is 1. The van der Waals surface area contributed by atoms with E-state index in [1.807, 2.05) is 0 Å². The molecule has 0 aliphatic carbocycles. The van der Waals surface area contributed by atoms with Crippen molar-refractivity contribution in [3.63, 3.8) is 0 Å². The highest BCUT2D eigenvalue weighted by molar-refractivity contribution is 5.51. The number of oxazole rings is 1. The van der Waals surface area contributed by atoms with E-state index in [1.165, 1.54) is 6.20 Å². The Morgan fingerprint density at radius 3 is 2.47 bits per heavy atom. The van der Waals surface area contributed by atoms with Crippen LogP contribution < -0.4 is 5.32 Å². The lowest BCUT2D eigenvalue weighted by Crippen LogP contribution is -2.10. The van der Waals surface area contributed by atoms with E-state index in [1.54, 1.807) is 19.9 Å². The smallest absolute Gasteiger partial charge is 0.216 e. The second-order valence-electron chi connectivity index (χ2n) is 4.10. The van der Waals surface area contributed by atoms with Gasteiger partial charge in [-0.1, -0.05) is 0 Å². The Morgan fingerprint density at radius 1 is 1.37 bits per heavy atom. The third kappa shape index (κ3) is 2.71. The minimum absolute atomic E-state index is 0.0693. The minimum Gasteiger partial charge on any atom is -0.444 e. The summed E-state index contributed by atoms with van der Waals surface area (Å²) in [6.07, 6.45) is 1.53. The Kier molecular flexibility index (Phi) is 3.47. The van der Waals surface area contributed by atoms with Gasteiger partial charge in [0.15, 0.2) is 11.6 Å². The highest BCUT2D eigenvalue weighted by Crippen LogP contribution is 2.25. The van der Waals surface area contributed by atoms with Crippen LogP contribution in [0.15, 0.2) is 22.7 Å². The average Bonchev–Trinajstić information content (AvgIpc) is 2.80. The highest BCUT2D eigenvalue weighted by Gasteiger charge is 2.17. The molecule has 6 heteroatoms. The molecule has 0 amide bonds. The minimum atomic E-state index is -0.827. The lowest BCUT2D eigenvalue weighted by molar-refractivity contribution is 0.452. The zero-order valence-corrected chi connectivity index (χ0v) is 10.4. The summed E-state index contributed by atoms with van der Waals surface area (Å²) in [7, 11) is 0. The van der Waals surface area contributed by atoms with E-state index in [2.05, 4.69) is 10.3 Å². The summed E-state index contributed by atoms with van der Waals surface area (Å²) >= 11 is 0. The molecule has 1 heterocycles. The number of hydrogen-bond donors (Lipinski definition) is 1. The van der Waals surface area contributed by atoms with Crippen LogP contribution in [0.2, 0.25) is 0 Å². The van der Waals surface area contributed by atoms with Crippen molar-refractivity contribution >= 4 is 5.69 Å². The number of aromatic nitrogens is 1. The summed E-state index contributed by atoms with van der Waals surface area (Å²) in [5.41, 5.74) is -0.373. The fraction of sp³-hybridized carbons (Fsp3) is 0.231. The van der Waals surface area contributed by atoms with Crippen molar-refractivity contribution in [1.82, 2.24) is 4.98 Å². The van der Waals surface area contributed by atoms with Gasteiger partial charge in [0.2, 0.25) is 5.89 Å². The molecule has 2 aromatic rings. The van der Waals surface area contributed by atoms with Crippen LogP contribution in [0.3, 0.4) is 0 Å². The molecular formula is C13H11F2N3O. The second kappa shape index (κ2) is 5.06. The molecular weight excluding hydrogens is 252 g/mol. The Bertz CT molecular complexity index is 623. The molecule has 1 unspecified atom stereocenters. The normalized spacial score (nSPS) is 11.9. The number of nitrogens with one attached hydrogen (secondary N) is 1. The maximum Gasteiger partial charge on any atom is 0.216 e. The summed E-state index contributed by atoms with van der Waals surface area (Å²) in [4.78, 5) is 3.98. The van der Waals surface area contributed by atoms with E-state index in [0.29, 0.717) is 11.7 Å². The molecule has 0 bridgehead atoms. The van der Waals surface area contributed by atoms with Gasteiger partial charge < -0.3 is 9.73 Å². The lowest BCUT2D eigenvalue weighted by atomic mass is 10.2. The summed E-state index contributed by atoms with van der Waals surface area (Å²) in [5, 5.41) is 11.3. The SMILES string of the molecule is Cc1cnc(C(C)Nc2c(F)cc(C#N)cc2F)o1. The number of benzene rings is 1. The van der Waals surface area contributed by atoms with Crippen molar-refractivity contribution in [3.8, 4) is 6.07 Å². The van der Waals surface area contributed by atoms with Crippen LogP contribution in [0.1, 0.15) is 30.2 Å². The fourth-order valence-electron chi connectivity index (χ4n) is 1.63. The number of halogens is 2. The molecule has 1 aromatic carbocycles. The van der Waals surface area contributed by atoms with Gasteiger partial charge in [-0.3, -0.25) is 0 Å². The van der Waals surface area contributed by atoms with E-state index in [-0.39, 0.29) is 11.3 Å². The third-order valence-electron chi connectivity index (χ3n) is 2.54. The number of rotatable bonds is 3. The van der Waals surface area contributed by atoms with Crippen molar-refractivity contribution in [2.45, 2.75) is 19.9 Å². The Hall–Kier alpha value is -2.42. The second-order valence-corrected chi connectivity index (χ2v) is 4.10. The van der Waals surface area contributed by atoms with Gasteiger partial charge in [-0.15, -0.1) is 0 Å². The van der Waals surface area contributed by atoms with Crippen LogP contribution in [0.25, 0.3) is 0 Å². The molecule has 1 aromatic heterocycles. The van der Waals surface area contributed by atoms with Crippen LogP contribution in [-0.4, -0.2) is 4.98 Å². The maximum absolute atomic E-state index is 13.7. The molecule has 0 saturated carbocycles. The van der Waals surface area contributed by atoms with Gasteiger partial charge >= 0.3 is 0 Å². The summed E-state index contributed by atoms with van der Waals surface area (Å²) in [6, 6.07) is 3.13. The van der Waals surface area contributed by atoms with Gasteiger partial charge in [-0.25, -0.2) is 13.8 Å². The Morgan fingerprint density at radius 2 is 2.00 bits per heavy atom. The first-order valence-corrected chi connectivity index (χ1v) is 5.59. The van der Waals surface area contributed by atoms with E-state index < -0.39 is 17.7 Å². The molecule has 1 atom stereocenters. The van der Waals surface area contributed by atoms with Crippen LogP contribution in [0, 0.1) is 29.9 Å². The number of anilines is 1. The molecule has 4 nitrogen and oxygen atoms in total. The standard InChI is InChI=1S/C13H11F2N3O/c1-7-6-17-13(19-7)8(2)18-12-10(14)3-9(5-16)4-11(12)15/h3-4,6,8,18H,1-2H3. The van der Waals surface area contributed by atoms with Gasteiger partial charge in [0.1, 0.15) is 17.5 Å². The zero-order valence-electron chi connectivity index (χ0n) is 10.4. The first-order chi connectivity index (χ1) is 9.01. The topological polar surface area (TPSA) is 61.9 Å². The van der Waals surface area contributed by atoms with Crippen molar-refractivity contribution in [1.29, 1.82) is 5.26 Å². The zero-order chi connectivity index (χ0) is 14.0. The number of hydrogen-bond acceptors (Lipinski definition) is 4. The van der Waals surface area contributed by atoms with Gasteiger partial charge in [0.25, 0.3) is 0 Å². The Labute approximate surface area is 108 Å². The van der Waals surface area contributed by atoms with E-state index in [4.69, 9.17) is 9.68 Å². The molecule has 0 spiro atoms. The van der Waals surface area contributed by atoms with Gasteiger partial charge in [-0.2, -0.15) is 5.26 Å². The van der Waals surface area contributed by atoms with Crippen LogP contribution in [0.5, 0.6) is 0 Å². The Balaban J connectivity index is 2.27. The summed E-state index contributed by atoms with van der Waals surface area (Å²) in [5.74, 6) is -0.705. The van der Waals surface area contributed by atoms with Gasteiger partial charge in [0, 0.05) is 0 Å². The van der Waals surface area contributed by atoms with Crippen molar-refractivity contribution < 1.29 is 13.2 Å². The summed E-state index contributed by atoms with van der Waals surface area (Å²) in [6.45, 7) is 3.40. The van der Waals surface area contributed by atoms with E-state index in [0.717, 1.165) is 12.1 Å². The molecule has 98 valence electrons. The number of aryl methyl sites for hydroxylation is 1. The number of nitrogens with zero attached hydrogens (tertiary/aromatic N) is 2. The molecule has 0 fully saturated rings. The quantitative estimate of drug-likeness (QED) is 0.922. The van der Waals surface area contributed by atoms with Crippen LogP contribution in [0.4, 0.5) is 14.5 Å². The predicted octanol–water partition coefficient (Wildman–Crippen LogP) is 3.31. The highest BCUT2D eigenvalue weighted by atomic mass is 19.1. The average molecular weight is 263 g/mol. The van der Waals surface area contributed by atoms with Crippen molar-refractivity contribution in [3.05, 3.63) is 47.2 Å². The van der Waals surface area contributed by atoms with Crippen LogP contribution >= 0.6 is 0 Å². The molecule has 0 saturated heterocycles. The monoisotopic (exact) mass is 263 g/mol.